The fourth-order valence-corrected chi connectivity index (χ4v) is 1.20. The van der Waals surface area contributed by atoms with E-state index in [-0.39, 0.29) is 5.91 Å². The first-order valence-corrected chi connectivity index (χ1v) is 4.54. The van der Waals surface area contributed by atoms with Crippen molar-refractivity contribution in [3.8, 4) is 0 Å². The highest BCUT2D eigenvalue weighted by Crippen LogP contribution is 1.99. The lowest BCUT2D eigenvalue weighted by molar-refractivity contribution is 0.0952. The molecule has 1 rings (SSSR count). The molecule has 0 bridgehead atoms. The summed E-state index contributed by atoms with van der Waals surface area (Å²) in [4.78, 5) is 14.9. The van der Waals surface area contributed by atoms with Crippen molar-refractivity contribution in [3.63, 3.8) is 0 Å². The molecule has 11 heavy (non-hydrogen) atoms. The van der Waals surface area contributed by atoms with Crippen LogP contribution in [0.25, 0.3) is 0 Å². The summed E-state index contributed by atoms with van der Waals surface area (Å²) in [5.41, 5.74) is 2.08. The van der Waals surface area contributed by atoms with Gasteiger partial charge in [0.2, 0.25) is 0 Å². The van der Waals surface area contributed by atoms with E-state index in [4.69, 9.17) is 11.6 Å². The van der Waals surface area contributed by atoms with Crippen LogP contribution < -0.4 is 5.32 Å². The summed E-state index contributed by atoms with van der Waals surface area (Å²) in [6, 6.07) is 0. The highest BCUT2D eigenvalue weighted by molar-refractivity contribution is 7.07. The lowest BCUT2D eigenvalue weighted by atomic mass is 10.4. The zero-order valence-electron chi connectivity index (χ0n) is 5.71. The summed E-state index contributed by atoms with van der Waals surface area (Å²) in [6.07, 6.45) is 0. The Morgan fingerprint density at radius 1 is 1.82 bits per heavy atom. The van der Waals surface area contributed by atoms with Gasteiger partial charge in [0.05, 0.1) is 5.51 Å². The Balaban J connectivity index is 2.43. The van der Waals surface area contributed by atoms with Crippen LogP contribution in [0.4, 0.5) is 0 Å². The molecule has 0 aromatic carbocycles. The smallest absolute Gasteiger partial charge is 0.270 e. The molecule has 0 saturated heterocycles. The Labute approximate surface area is 73.4 Å². The number of hydrogen-bond acceptors (Lipinski definition) is 3. The topological polar surface area (TPSA) is 42.0 Å². The van der Waals surface area contributed by atoms with Crippen LogP contribution in [0.3, 0.4) is 0 Å². The monoisotopic (exact) mass is 190 g/mol. The summed E-state index contributed by atoms with van der Waals surface area (Å²) in [7, 11) is 0. The van der Waals surface area contributed by atoms with Crippen LogP contribution in [0.5, 0.6) is 0 Å². The predicted octanol–water partition coefficient (Wildman–Crippen LogP) is 1.11. The third-order valence-corrected chi connectivity index (χ3v) is 1.82. The molecule has 1 aromatic heterocycles. The maximum absolute atomic E-state index is 11.0. The van der Waals surface area contributed by atoms with Crippen molar-refractivity contribution in [1.82, 2.24) is 10.3 Å². The van der Waals surface area contributed by atoms with Gasteiger partial charge in [-0.25, -0.2) is 4.98 Å². The first kappa shape index (κ1) is 8.49. The zero-order valence-corrected chi connectivity index (χ0v) is 7.28. The third-order valence-electron chi connectivity index (χ3n) is 1.05. The molecule has 60 valence electrons. The third kappa shape index (κ3) is 2.48. The number of carbonyl (C=O) groups is 1. The minimum atomic E-state index is -0.160. The molecule has 0 aliphatic heterocycles. The van der Waals surface area contributed by atoms with E-state index in [9.17, 15) is 4.79 Å². The van der Waals surface area contributed by atoms with E-state index < -0.39 is 0 Å². The van der Waals surface area contributed by atoms with Crippen molar-refractivity contribution < 1.29 is 4.79 Å². The van der Waals surface area contributed by atoms with Gasteiger partial charge in [-0.05, 0) is 0 Å². The molecule has 0 atom stereocenters. The Morgan fingerprint density at radius 3 is 3.18 bits per heavy atom. The Morgan fingerprint density at radius 2 is 2.64 bits per heavy atom. The molecule has 0 spiro atoms. The average Bonchev–Trinajstić information content (AvgIpc) is 2.52. The number of carbonyl (C=O) groups excluding carboxylic acids is 1. The first-order valence-electron chi connectivity index (χ1n) is 3.07. The van der Waals surface area contributed by atoms with Crippen molar-refractivity contribution in [3.05, 3.63) is 16.6 Å². The number of nitrogens with one attached hydrogen (secondary N) is 1. The van der Waals surface area contributed by atoms with Crippen LogP contribution >= 0.6 is 22.9 Å². The fourth-order valence-electron chi connectivity index (χ4n) is 0.576. The second-order valence-electron chi connectivity index (χ2n) is 1.82. The molecule has 0 unspecified atom stereocenters. The van der Waals surface area contributed by atoms with Gasteiger partial charge in [-0.15, -0.1) is 22.9 Å². The summed E-state index contributed by atoms with van der Waals surface area (Å²) in [6.45, 7) is 0.484. The lowest BCUT2D eigenvalue weighted by Gasteiger charge is -1.97. The highest BCUT2D eigenvalue weighted by Gasteiger charge is 2.04. The molecule has 1 amide bonds. The summed E-state index contributed by atoms with van der Waals surface area (Å²) in [5, 5.41) is 4.31. The van der Waals surface area contributed by atoms with Crippen molar-refractivity contribution in [2.45, 2.75) is 0 Å². The Bertz CT molecular complexity index is 224. The van der Waals surface area contributed by atoms with Crippen LogP contribution in [0, 0.1) is 0 Å². The van der Waals surface area contributed by atoms with Gasteiger partial charge in [0, 0.05) is 17.8 Å². The predicted molar refractivity (Wildman–Crippen MR) is 45.2 cm³/mol. The van der Waals surface area contributed by atoms with Crippen LogP contribution in [0.1, 0.15) is 10.5 Å². The second-order valence-corrected chi connectivity index (χ2v) is 2.92. The normalized spacial score (nSPS) is 9.55. The van der Waals surface area contributed by atoms with Crippen LogP contribution in [-0.2, 0) is 0 Å². The number of rotatable bonds is 3. The van der Waals surface area contributed by atoms with Gasteiger partial charge in [0.15, 0.2) is 0 Å². The standard InChI is InChI=1S/C6H7ClN2OS/c7-1-2-8-6(10)5-3-11-4-9-5/h3-4H,1-2H2,(H,8,10). The van der Waals surface area contributed by atoms with Gasteiger partial charge in [-0.1, -0.05) is 0 Å². The molecule has 0 fully saturated rings. The largest absolute Gasteiger partial charge is 0.349 e. The summed E-state index contributed by atoms with van der Waals surface area (Å²) in [5.74, 6) is 0.266. The number of alkyl halides is 1. The summed E-state index contributed by atoms with van der Waals surface area (Å²) >= 11 is 6.77. The molecular formula is C6H7ClN2OS. The van der Waals surface area contributed by atoms with Crippen molar-refractivity contribution >= 4 is 28.8 Å². The molecular weight excluding hydrogens is 184 g/mol. The number of halogens is 1. The van der Waals surface area contributed by atoms with Crippen molar-refractivity contribution in [2.24, 2.45) is 0 Å². The number of nitrogens with zero attached hydrogens (tertiary/aromatic N) is 1. The van der Waals surface area contributed by atoms with Crippen molar-refractivity contribution in [2.75, 3.05) is 12.4 Å². The van der Waals surface area contributed by atoms with E-state index in [1.54, 1.807) is 10.9 Å². The average molecular weight is 191 g/mol. The number of thiazole rings is 1. The van der Waals surface area contributed by atoms with E-state index in [0.717, 1.165) is 0 Å². The Kier molecular flexibility index (Phi) is 3.32. The molecule has 0 aliphatic rings. The van der Waals surface area contributed by atoms with Crippen molar-refractivity contribution in [1.29, 1.82) is 0 Å². The Hall–Kier alpha value is -0.610. The number of amides is 1. The maximum Gasteiger partial charge on any atom is 0.270 e. The molecule has 1 N–H and O–H groups in total. The number of hydrogen-bond donors (Lipinski definition) is 1. The molecule has 3 nitrogen and oxygen atoms in total. The highest BCUT2D eigenvalue weighted by atomic mass is 35.5. The molecule has 0 radical (unpaired) electrons. The minimum absolute atomic E-state index is 0.160. The molecule has 0 aliphatic carbocycles. The van der Waals surface area contributed by atoms with Gasteiger partial charge in [0.25, 0.3) is 5.91 Å². The second kappa shape index (κ2) is 4.31. The van der Waals surface area contributed by atoms with E-state index in [2.05, 4.69) is 10.3 Å². The van der Waals surface area contributed by atoms with Crippen LogP contribution in [0.15, 0.2) is 10.9 Å². The van der Waals surface area contributed by atoms with Crippen LogP contribution in [-0.4, -0.2) is 23.3 Å². The van der Waals surface area contributed by atoms with Gasteiger partial charge >= 0.3 is 0 Å². The fraction of sp³-hybridized carbons (Fsp3) is 0.333. The SMILES string of the molecule is O=C(NCCCl)c1cscn1. The molecule has 1 aromatic rings. The molecule has 0 saturated carbocycles. The van der Waals surface area contributed by atoms with E-state index >= 15 is 0 Å². The van der Waals surface area contributed by atoms with Gasteiger partial charge < -0.3 is 5.32 Å². The molecule has 1 heterocycles. The molecule has 5 heteroatoms. The van der Waals surface area contributed by atoms with E-state index in [0.29, 0.717) is 18.1 Å². The van der Waals surface area contributed by atoms with E-state index in [1.807, 2.05) is 0 Å². The first-order chi connectivity index (χ1) is 5.34. The van der Waals surface area contributed by atoms with Gasteiger partial charge in [-0.3, -0.25) is 4.79 Å². The van der Waals surface area contributed by atoms with Gasteiger partial charge in [0.1, 0.15) is 5.69 Å². The summed E-state index contributed by atoms with van der Waals surface area (Å²) < 4.78 is 0. The van der Waals surface area contributed by atoms with Gasteiger partial charge in [-0.2, -0.15) is 0 Å². The minimum Gasteiger partial charge on any atom is -0.349 e. The van der Waals surface area contributed by atoms with Crippen LogP contribution in [0.2, 0.25) is 0 Å². The maximum atomic E-state index is 11.0. The number of aromatic nitrogens is 1. The quantitative estimate of drug-likeness (QED) is 0.726. The van der Waals surface area contributed by atoms with E-state index in [1.165, 1.54) is 11.3 Å². The zero-order chi connectivity index (χ0) is 8.10. The lowest BCUT2D eigenvalue weighted by Crippen LogP contribution is -2.25.